The van der Waals surface area contributed by atoms with E-state index in [2.05, 4.69) is 25.6 Å². The molecule has 0 unspecified atom stereocenters. The minimum Gasteiger partial charge on any atom is -0.508 e. The van der Waals surface area contributed by atoms with E-state index in [9.17, 15) is 10.2 Å². The number of nitrogens with one attached hydrogen (secondary N) is 1. The molecule has 0 radical (unpaired) electrons. The molecule has 0 aliphatic rings. The van der Waals surface area contributed by atoms with Gasteiger partial charge in [0.05, 0.1) is 11.9 Å². The summed E-state index contributed by atoms with van der Waals surface area (Å²) in [6.07, 6.45) is 2.85. The van der Waals surface area contributed by atoms with Crippen LogP contribution < -0.4 is 5.43 Å². The molecule has 0 spiro atoms. The van der Waals surface area contributed by atoms with E-state index in [1.807, 2.05) is 19.9 Å². The Morgan fingerprint density at radius 2 is 1.96 bits per heavy atom. The second-order valence-electron chi connectivity index (χ2n) is 5.21. The Morgan fingerprint density at radius 1 is 1.12 bits per heavy atom. The van der Waals surface area contributed by atoms with Crippen LogP contribution in [0.5, 0.6) is 11.5 Å². The topological polar surface area (TPSA) is 108 Å². The summed E-state index contributed by atoms with van der Waals surface area (Å²) in [5.41, 5.74) is 5.11. The second kappa shape index (κ2) is 6.37. The number of phenolic OH excluding ortho intramolecular Hbond substituents is 2. The van der Waals surface area contributed by atoms with Gasteiger partial charge in [0.25, 0.3) is 0 Å². The molecule has 2 heterocycles. The Morgan fingerprint density at radius 3 is 2.67 bits per heavy atom. The molecule has 3 aromatic rings. The van der Waals surface area contributed by atoms with E-state index in [-0.39, 0.29) is 11.5 Å². The molecule has 0 aliphatic heterocycles. The lowest BCUT2D eigenvalue weighted by molar-refractivity contribution is 0.450. The Balaban J connectivity index is 1.77. The highest BCUT2D eigenvalue weighted by atomic mass is 16.3. The predicted molar refractivity (Wildman–Crippen MR) is 89.6 cm³/mol. The highest BCUT2D eigenvalue weighted by molar-refractivity contribution is 5.84. The summed E-state index contributed by atoms with van der Waals surface area (Å²) in [5, 5.41) is 27.4. The van der Waals surface area contributed by atoms with Gasteiger partial charge in [-0.15, -0.1) is 0 Å². The maximum Gasteiger partial charge on any atom is 0.159 e. The van der Waals surface area contributed by atoms with E-state index in [1.54, 1.807) is 16.8 Å². The third-order valence-electron chi connectivity index (χ3n) is 3.28. The van der Waals surface area contributed by atoms with Crippen molar-refractivity contribution in [1.82, 2.24) is 19.7 Å². The summed E-state index contributed by atoms with van der Waals surface area (Å²) in [6, 6.07) is 7.94. The minimum absolute atomic E-state index is 0.0112. The lowest BCUT2D eigenvalue weighted by Gasteiger charge is -2.05. The summed E-state index contributed by atoms with van der Waals surface area (Å²) in [4.78, 5) is 8.29. The first-order chi connectivity index (χ1) is 11.5. The quantitative estimate of drug-likeness (QED) is 0.501. The molecule has 0 amide bonds. The van der Waals surface area contributed by atoms with Crippen LogP contribution in [0.15, 0.2) is 41.8 Å². The molecule has 0 saturated carbocycles. The number of hydrogen-bond acceptors (Lipinski definition) is 7. The average Bonchev–Trinajstić information content (AvgIpc) is 2.88. The van der Waals surface area contributed by atoms with Gasteiger partial charge in [-0.3, -0.25) is 5.43 Å². The van der Waals surface area contributed by atoms with Crippen molar-refractivity contribution in [3.63, 3.8) is 0 Å². The van der Waals surface area contributed by atoms with Crippen LogP contribution in [0.4, 0.5) is 5.82 Å². The summed E-state index contributed by atoms with van der Waals surface area (Å²) < 4.78 is 1.72. The molecule has 24 heavy (non-hydrogen) atoms. The zero-order valence-electron chi connectivity index (χ0n) is 13.2. The standard InChI is InChI=1S/C16H16N6O2/c1-10-5-11(2)22(21-10)16-7-15(17-9-18-16)20-19-8-12-3-4-13(23)6-14(12)24/h3-9,23-24H,1-2H3,(H,17,18,20)/b19-8+. The second-order valence-corrected chi connectivity index (χ2v) is 5.21. The SMILES string of the molecule is Cc1cc(C)n(-c2cc(N/N=C/c3ccc(O)cc3O)ncn2)n1. The van der Waals surface area contributed by atoms with Gasteiger partial charge >= 0.3 is 0 Å². The molecule has 2 aromatic heterocycles. The number of benzene rings is 1. The van der Waals surface area contributed by atoms with E-state index in [0.29, 0.717) is 17.2 Å². The Hall–Kier alpha value is -3.42. The van der Waals surface area contributed by atoms with E-state index in [4.69, 9.17) is 0 Å². The van der Waals surface area contributed by atoms with Crippen molar-refractivity contribution in [2.75, 3.05) is 5.43 Å². The lowest BCUT2D eigenvalue weighted by Crippen LogP contribution is -2.04. The van der Waals surface area contributed by atoms with Gasteiger partial charge in [0.1, 0.15) is 17.8 Å². The lowest BCUT2D eigenvalue weighted by atomic mass is 10.2. The van der Waals surface area contributed by atoms with Crippen LogP contribution in [-0.4, -0.2) is 36.2 Å². The molecule has 8 nitrogen and oxygen atoms in total. The van der Waals surface area contributed by atoms with Crippen LogP contribution in [-0.2, 0) is 0 Å². The van der Waals surface area contributed by atoms with E-state index in [0.717, 1.165) is 11.4 Å². The molecular formula is C16H16N6O2. The van der Waals surface area contributed by atoms with Gasteiger partial charge in [-0.2, -0.15) is 10.2 Å². The molecule has 0 fully saturated rings. The van der Waals surface area contributed by atoms with Crippen LogP contribution in [0.25, 0.3) is 5.82 Å². The number of anilines is 1. The number of phenols is 2. The molecule has 8 heteroatoms. The van der Waals surface area contributed by atoms with Gasteiger partial charge in [0.2, 0.25) is 0 Å². The molecule has 0 atom stereocenters. The molecule has 0 bridgehead atoms. The minimum atomic E-state index is -0.0634. The van der Waals surface area contributed by atoms with Gasteiger partial charge in [-0.25, -0.2) is 14.6 Å². The van der Waals surface area contributed by atoms with Crippen molar-refractivity contribution < 1.29 is 10.2 Å². The summed E-state index contributed by atoms with van der Waals surface area (Å²) >= 11 is 0. The summed E-state index contributed by atoms with van der Waals surface area (Å²) in [7, 11) is 0. The number of rotatable bonds is 4. The third-order valence-corrected chi connectivity index (χ3v) is 3.28. The van der Waals surface area contributed by atoms with E-state index < -0.39 is 0 Å². The third kappa shape index (κ3) is 3.32. The largest absolute Gasteiger partial charge is 0.508 e. The van der Waals surface area contributed by atoms with Crippen LogP contribution >= 0.6 is 0 Å². The molecule has 0 aliphatic carbocycles. The van der Waals surface area contributed by atoms with Gasteiger partial charge in [0, 0.05) is 23.4 Å². The fraction of sp³-hybridized carbons (Fsp3) is 0.125. The molecule has 0 saturated heterocycles. The highest BCUT2D eigenvalue weighted by Crippen LogP contribution is 2.21. The Kier molecular flexibility index (Phi) is 4.11. The first-order valence-electron chi connectivity index (χ1n) is 7.19. The van der Waals surface area contributed by atoms with Gasteiger partial charge < -0.3 is 10.2 Å². The highest BCUT2D eigenvalue weighted by Gasteiger charge is 2.06. The zero-order chi connectivity index (χ0) is 17.1. The molecule has 122 valence electrons. The van der Waals surface area contributed by atoms with E-state index in [1.165, 1.54) is 24.7 Å². The number of hydrazone groups is 1. The fourth-order valence-corrected chi connectivity index (χ4v) is 2.19. The Labute approximate surface area is 138 Å². The molecule has 3 N–H and O–H groups in total. The maximum absolute atomic E-state index is 9.70. The van der Waals surface area contributed by atoms with Gasteiger partial charge in [0.15, 0.2) is 11.6 Å². The predicted octanol–water partition coefficient (Wildman–Crippen LogP) is 2.14. The van der Waals surface area contributed by atoms with Crippen molar-refractivity contribution in [2.45, 2.75) is 13.8 Å². The molecule has 3 rings (SSSR count). The van der Waals surface area contributed by atoms with Crippen LogP contribution in [0.1, 0.15) is 17.0 Å². The number of aromatic hydroxyl groups is 2. The number of nitrogens with zero attached hydrogens (tertiary/aromatic N) is 5. The first-order valence-corrected chi connectivity index (χ1v) is 7.19. The van der Waals surface area contributed by atoms with E-state index >= 15 is 0 Å². The molecular weight excluding hydrogens is 308 g/mol. The number of hydrogen-bond donors (Lipinski definition) is 3. The Bertz CT molecular complexity index is 903. The average molecular weight is 324 g/mol. The van der Waals surface area contributed by atoms with Crippen molar-refractivity contribution in [1.29, 1.82) is 0 Å². The normalized spacial score (nSPS) is 11.1. The maximum atomic E-state index is 9.70. The zero-order valence-corrected chi connectivity index (χ0v) is 13.2. The van der Waals surface area contributed by atoms with Crippen molar-refractivity contribution in [3.05, 3.63) is 53.6 Å². The van der Waals surface area contributed by atoms with Crippen molar-refractivity contribution in [3.8, 4) is 17.3 Å². The number of aryl methyl sites for hydroxylation is 2. The van der Waals surface area contributed by atoms with Gasteiger partial charge in [-0.05, 0) is 32.0 Å². The van der Waals surface area contributed by atoms with Crippen molar-refractivity contribution >= 4 is 12.0 Å². The summed E-state index contributed by atoms with van der Waals surface area (Å²) in [5.74, 6) is 1.04. The monoisotopic (exact) mass is 324 g/mol. The smallest absolute Gasteiger partial charge is 0.159 e. The van der Waals surface area contributed by atoms with Crippen molar-refractivity contribution in [2.24, 2.45) is 5.10 Å². The summed E-state index contributed by atoms with van der Waals surface area (Å²) in [6.45, 7) is 3.86. The molecule has 1 aromatic carbocycles. The van der Waals surface area contributed by atoms with Crippen LogP contribution in [0.2, 0.25) is 0 Å². The van der Waals surface area contributed by atoms with Crippen LogP contribution in [0, 0.1) is 13.8 Å². The van der Waals surface area contributed by atoms with Crippen LogP contribution in [0.3, 0.4) is 0 Å². The fourth-order valence-electron chi connectivity index (χ4n) is 2.19. The van der Waals surface area contributed by atoms with Gasteiger partial charge in [-0.1, -0.05) is 0 Å². The first kappa shape index (κ1) is 15.5. The number of aromatic nitrogens is 4.